The van der Waals surface area contributed by atoms with Gasteiger partial charge in [0.2, 0.25) is 5.75 Å². The summed E-state index contributed by atoms with van der Waals surface area (Å²) in [5, 5.41) is 4.06. The number of rotatable bonds is 4. The van der Waals surface area contributed by atoms with Crippen LogP contribution in [-0.4, -0.2) is 42.5 Å². The molecule has 0 amide bonds. The molecule has 146 valence electrons. The van der Waals surface area contributed by atoms with Crippen LogP contribution in [0.5, 0.6) is 17.2 Å². The van der Waals surface area contributed by atoms with E-state index in [9.17, 15) is 0 Å². The molecule has 0 aliphatic carbocycles. The highest BCUT2D eigenvalue weighted by Crippen LogP contribution is 2.47. The van der Waals surface area contributed by atoms with Gasteiger partial charge in [-0.1, -0.05) is 12.0 Å². The largest absolute Gasteiger partial charge is 0.485 e. The quantitative estimate of drug-likeness (QED) is 0.686. The number of hydrogen-bond donors (Lipinski definition) is 1. The SMILES string of the molecule is C#Cc1cccc(Nc2ncnc3cc(OC4CCOC4)c4c(c23)OCCO4)c1. The van der Waals surface area contributed by atoms with Gasteiger partial charge < -0.3 is 24.3 Å². The fourth-order valence-electron chi connectivity index (χ4n) is 3.50. The van der Waals surface area contributed by atoms with Gasteiger partial charge in [-0.05, 0) is 18.2 Å². The lowest BCUT2D eigenvalue weighted by molar-refractivity contribution is 0.128. The van der Waals surface area contributed by atoms with Gasteiger partial charge in [-0.15, -0.1) is 6.42 Å². The fraction of sp³-hybridized carbons (Fsp3) is 0.273. The smallest absolute Gasteiger partial charge is 0.204 e. The van der Waals surface area contributed by atoms with Crippen LogP contribution in [0.3, 0.4) is 0 Å². The second kappa shape index (κ2) is 7.49. The first-order chi connectivity index (χ1) is 14.3. The first kappa shape index (κ1) is 17.6. The summed E-state index contributed by atoms with van der Waals surface area (Å²) in [6, 6.07) is 9.45. The Morgan fingerprint density at radius 3 is 2.83 bits per heavy atom. The van der Waals surface area contributed by atoms with E-state index in [1.165, 1.54) is 6.33 Å². The third-order valence-electron chi connectivity index (χ3n) is 4.85. The molecule has 29 heavy (non-hydrogen) atoms. The first-order valence-electron chi connectivity index (χ1n) is 9.47. The molecule has 3 aromatic rings. The van der Waals surface area contributed by atoms with Gasteiger partial charge in [-0.2, -0.15) is 0 Å². The maximum absolute atomic E-state index is 6.14. The molecule has 2 aliphatic heterocycles. The Morgan fingerprint density at radius 1 is 1.10 bits per heavy atom. The zero-order valence-corrected chi connectivity index (χ0v) is 15.7. The Bertz CT molecular complexity index is 1100. The number of hydrogen-bond acceptors (Lipinski definition) is 7. The average Bonchev–Trinajstić information content (AvgIpc) is 3.27. The lowest BCUT2D eigenvalue weighted by Crippen LogP contribution is -2.20. The number of ether oxygens (including phenoxy) is 4. The highest BCUT2D eigenvalue weighted by atomic mass is 16.6. The molecule has 2 aromatic carbocycles. The molecule has 0 radical (unpaired) electrons. The van der Waals surface area contributed by atoms with Gasteiger partial charge in [0.25, 0.3) is 0 Å². The maximum atomic E-state index is 6.14. The molecule has 1 unspecified atom stereocenters. The van der Waals surface area contributed by atoms with E-state index in [-0.39, 0.29) is 6.10 Å². The molecular formula is C22H19N3O4. The standard InChI is InChI=1S/C22H19N3O4/c1-2-14-4-3-5-15(10-14)25-22-19-17(23-13-24-22)11-18(29-16-6-7-26-12-16)20-21(19)28-9-8-27-20/h1,3-5,10-11,13,16H,6-9,12H2,(H,23,24,25). The molecule has 1 atom stereocenters. The van der Waals surface area contributed by atoms with E-state index in [4.69, 9.17) is 25.4 Å². The van der Waals surface area contributed by atoms with Crippen LogP contribution in [0.4, 0.5) is 11.5 Å². The highest BCUT2D eigenvalue weighted by Gasteiger charge is 2.27. The van der Waals surface area contributed by atoms with Crippen molar-refractivity contribution < 1.29 is 18.9 Å². The average molecular weight is 389 g/mol. The molecule has 0 bridgehead atoms. The summed E-state index contributed by atoms with van der Waals surface area (Å²) < 4.78 is 23.4. The highest BCUT2D eigenvalue weighted by molar-refractivity contribution is 5.99. The molecular weight excluding hydrogens is 370 g/mol. The van der Waals surface area contributed by atoms with Crippen LogP contribution in [0.1, 0.15) is 12.0 Å². The molecule has 0 spiro atoms. The van der Waals surface area contributed by atoms with Gasteiger partial charge in [0.15, 0.2) is 11.5 Å². The van der Waals surface area contributed by atoms with Crippen molar-refractivity contribution in [1.82, 2.24) is 9.97 Å². The molecule has 1 fully saturated rings. The number of terminal acetylenes is 1. The lowest BCUT2D eigenvalue weighted by Gasteiger charge is -2.24. The monoisotopic (exact) mass is 389 g/mol. The Balaban J connectivity index is 1.60. The number of benzene rings is 2. The van der Waals surface area contributed by atoms with Crippen LogP contribution in [0, 0.1) is 12.3 Å². The van der Waals surface area contributed by atoms with Crippen LogP contribution in [0.2, 0.25) is 0 Å². The second-order valence-electron chi connectivity index (χ2n) is 6.80. The summed E-state index contributed by atoms with van der Waals surface area (Å²) >= 11 is 0. The van der Waals surface area contributed by atoms with Crippen LogP contribution >= 0.6 is 0 Å². The normalized spacial score (nSPS) is 17.7. The van der Waals surface area contributed by atoms with E-state index in [0.29, 0.717) is 55.0 Å². The van der Waals surface area contributed by atoms with E-state index in [0.717, 1.165) is 23.1 Å². The minimum absolute atomic E-state index is 0.00647. The second-order valence-corrected chi connectivity index (χ2v) is 6.80. The zero-order valence-electron chi connectivity index (χ0n) is 15.7. The summed E-state index contributed by atoms with van der Waals surface area (Å²) in [5.41, 5.74) is 2.31. The van der Waals surface area contributed by atoms with Gasteiger partial charge in [0.05, 0.1) is 24.1 Å². The molecule has 3 heterocycles. The van der Waals surface area contributed by atoms with Gasteiger partial charge in [-0.3, -0.25) is 0 Å². The Hall–Kier alpha value is -3.50. The summed E-state index contributed by atoms with van der Waals surface area (Å²) in [6.07, 6.45) is 7.86. The van der Waals surface area contributed by atoms with Gasteiger partial charge in [0, 0.05) is 23.7 Å². The number of anilines is 2. The molecule has 1 saturated heterocycles. The Labute approximate surface area is 168 Å². The molecule has 7 heteroatoms. The molecule has 7 nitrogen and oxygen atoms in total. The van der Waals surface area contributed by atoms with E-state index in [1.807, 2.05) is 30.3 Å². The minimum atomic E-state index is -0.00647. The van der Waals surface area contributed by atoms with Gasteiger partial charge in [0.1, 0.15) is 31.5 Å². The number of nitrogens with one attached hydrogen (secondary N) is 1. The number of aromatic nitrogens is 2. The Morgan fingerprint density at radius 2 is 2.00 bits per heavy atom. The zero-order chi connectivity index (χ0) is 19.6. The summed E-state index contributed by atoms with van der Waals surface area (Å²) in [5.74, 6) is 5.02. The Kier molecular flexibility index (Phi) is 4.54. The summed E-state index contributed by atoms with van der Waals surface area (Å²) in [7, 11) is 0. The number of fused-ring (bicyclic) bond motifs is 3. The van der Waals surface area contributed by atoms with Gasteiger partial charge in [-0.25, -0.2) is 9.97 Å². The summed E-state index contributed by atoms with van der Waals surface area (Å²) in [4.78, 5) is 8.86. The van der Waals surface area contributed by atoms with Gasteiger partial charge >= 0.3 is 0 Å². The van der Waals surface area contributed by atoms with Crippen molar-refractivity contribution >= 4 is 22.4 Å². The fourth-order valence-corrected chi connectivity index (χ4v) is 3.50. The minimum Gasteiger partial charge on any atom is -0.485 e. The van der Waals surface area contributed by atoms with E-state index >= 15 is 0 Å². The van der Waals surface area contributed by atoms with Crippen LogP contribution in [0.15, 0.2) is 36.7 Å². The molecule has 0 saturated carbocycles. The summed E-state index contributed by atoms with van der Waals surface area (Å²) in [6.45, 7) is 2.16. The van der Waals surface area contributed by atoms with E-state index < -0.39 is 0 Å². The van der Waals surface area contributed by atoms with Crippen molar-refractivity contribution in [3.05, 3.63) is 42.2 Å². The van der Waals surface area contributed by atoms with Crippen molar-refractivity contribution in [2.75, 3.05) is 31.7 Å². The predicted octanol–water partition coefficient (Wildman–Crippen LogP) is 3.29. The van der Waals surface area contributed by atoms with Crippen LogP contribution in [-0.2, 0) is 4.74 Å². The first-order valence-corrected chi connectivity index (χ1v) is 9.47. The molecule has 2 aliphatic rings. The predicted molar refractivity (Wildman–Crippen MR) is 108 cm³/mol. The maximum Gasteiger partial charge on any atom is 0.204 e. The van der Waals surface area contributed by atoms with E-state index in [1.54, 1.807) is 0 Å². The molecule has 5 rings (SSSR count). The molecule has 1 aromatic heterocycles. The molecule has 1 N–H and O–H groups in total. The van der Waals surface area contributed by atoms with Crippen molar-refractivity contribution in [3.63, 3.8) is 0 Å². The third-order valence-corrected chi connectivity index (χ3v) is 4.85. The third kappa shape index (κ3) is 3.39. The van der Waals surface area contributed by atoms with Crippen molar-refractivity contribution in [3.8, 4) is 29.6 Å². The van der Waals surface area contributed by atoms with Crippen LogP contribution in [0.25, 0.3) is 10.9 Å². The van der Waals surface area contributed by atoms with Crippen LogP contribution < -0.4 is 19.5 Å². The van der Waals surface area contributed by atoms with E-state index in [2.05, 4.69) is 21.2 Å². The number of nitrogens with zero attached hydrogens (tertiary/aromatic N) is 2. The topological polar surface area (TPSA) is 74.7 Å². The van der Waals surface area contributed by atoms with Crippen molar-refractivity contribution in [1.29, 1.82) is 0 Å². The van der Waals surface area contributed by atoms with Crippen molar-refractivity contribution in [2.45, 2.75) is 12.5 Å². The van der Waals surface area contributed by atoms with Crippen molar-refractivity contribution in [2.24, 2.45) is 0 Å². The lowest BCUT2D eigenvalue weighted by atomic mass is 10.1.